The Morgan fingerprint density at radius 1 is 1.46 bits per heavy atom. The Hall–Kier alpha value is -1.71. The summed E-state index contributed by atoms with van der Waals surface area (Å²) < 4.78 is 0. The van der Waals surface area contributed by atoms with E-state index in [0.717, 1.165) is 0 Å². The number of nitrogens with zero attached hydrogens (tertiary/aromatic N) is 1. The molecule has 4 heteroatoms. The van der Waals surface area contributed by atoms with E-state index in [0.29, 0.717) is 11.3 Å². The minimum atomic E-state index is -0.541. The van der Waals surface area contributed by atoms with Gasteiger partial charge in [0.2, 0.25) is 5.91 Å². The van der Waals surface area contributed by atoms with Crippen LogP contribution in [0.4, 0.5) is 5.69 Å². The van der Waals surface area contributed by atoms with E-state index >= 15 is 0 Å². The molecule has 0 atom stereocenters. The highest BCUT2D eigenvalue weighted by atomic mass is 16.3. The molecule has 0 aliphatic heterocycles. The number of benzene rings is 1. The van der Waals surface area contributed by atoms with Crippen molar-refractivity contribution in [3.05, 3.63) is 23.8 Å². The zero-order chi connectivity index (χ0) is 10.0. The zero-order valence-electron chi connectivity index (χ0n) is 7.61. The van der Waals surface area contributed by atoms with Gasteiger partial charge in [0, 0.05) is 19.7 Å². The molecule has 13 heavy (non-hydrogen) atoms. The number of primary amides is 1. The van der Waals surface area contributed by atoms with E-state index in [9.17, 15) is 9.90 Å². The lowest BCUT2D eigenvalue weighted by molar-refractivity contribution is 0.1000. The molecule has 1 amide bonds. The Bertz CT molecular complexity index is 334. The fourth-order valence-corrected chi connectivity index (χ4v) is 1.05. The molecule has 1 aromatic rings. The molecule has 0 fully saturated rings. The van der Waals surface area contributed by atoms with Crippen LogP contribution in [0.2, 0.25) is 0 Å². The average Bonchev–Trinajstić information content (AvgIpc) is 2.03. The fourth-order valence-electron chi connectivity index (χ4n) is 1.05. The van der Waals surface area contributed by atoms with Gasteiger partial charge in [-0.1, -0.05) is 0 Å². The summed E-state index contributed by atoms with van der Waals surface area (Å²) in [6.45, 7) is 0. The van der Waals surface area contributed by atoms with Crippen LogP contribution in [-0.4, -0.2) is 25.1 Å². The molecule has 0 bridgehead atoms. The van der Waals surface area contributed by atoms with Crippen molar-refractivity contribution >= 4 is 11.6 Å². The third kappa shape index (κ3) is 1.90. The Labute approximate surface area is 76.6 Å². The molecule has 0 heterocycles. The highest BCUT2D eigenvalue weighted by Gasteiger charge is 2.06. The van der Waals surface area contributed by atoms with Crippen molar-refractivity contribution in [2.45, 2.75) is 0 Å². The molecular formula is C9H12N2O2. The van der Waals surface area contributed by atoms with Gasteiger partial charge in [0.15, 0.2) is 0 Å². The molecule has 0 aliphatic carbocycles. The summed E-state index contributed by atoms with van der Waals surface area (Å²) >= 11 is 0. The summed E-state index contributed by atoms with van der Waals surface area (Å²) in [6.07, 6.45) is 0. The first kappa shape index (κ1) is 9.38. The molecule has 1 rings (SSSR count). The second kappa shape index (κ2) is 3.35. The first-order chi connectivity index (χ1) is 6.02. The van der Waals surface area contributed by atoms with Gasteiger partial charge in [-0.15, -0.1) is 0 Å². The monoisotopic (exact) mass is 180 g/mol. The quantitative estimate of drug-likeness (QED) is 0.698. The first-order valence-corrected chi connectivity index (χ1v) is 3.82. The Kier molecular flexibility index (Phi) is 2.41. The van der Waals surface area contributed by atoms with Crippen molar-refractivity contribution in [1.29, 1.82) is 0 Å². The van der Waals surface area contributed by atoms with Crippen LogP contribution in [0.1, 0.15) is 10.4 Å². The average molecular weight is 180 g/mol. The minimum absolute atomic E-state index is 0.0568. The molecule has 0 spiro atoms. The van der Waals surface area contributed by atoms with E-state index in [1.807, 2.05) is 0 Å². The minimum Gasteiger partial charge on any atom is -0.506 e. The number of hydrogen-bond donors (Lipinski definition) is 2. The standard InChI is InChI=1S/C9H12N2O2/c1-11(2)7-4-3-6(9(10)13)5-8(7)12/h3-5,12H,1-2H3,(H2,10,13). The largest absolute Gasteiger partial charge is 0.506 e. The van der Waals surface area contributed by atoms with Crippen molar-refractivity contribution < 1.29 is 9.90 Å². The smallest absolute Gasteiger partial charge is 0.248 e. The lowest BCUT2D eigenvalue weighted by atomic mass is 10.2. The first-order valence-electron chi connectivity index (χ1n) is 3.82. The van der Waals surface area contributed by atoms with E-state index in [-0.39, 0.29) is 5.75 Å². The molecule has 0 saturated carbocycles. The summed E-state index contributed by atoms with van der Waals surface area (Å²) in [5.74, 6) is -0.484. The number of nitrogens with two attached hydrogens (primary N) is 1. The van der Waals surface area contributed by atoms with Crippen LogP contribution >= 0.6 is 0 Å². The summed E-state index contributed by atoms with van der Waals surface area (Å²) in [6, 6.07) is 4.59. The number of carbonyl (C=O) groups excluding carboxylic acids is 1. The number of amides is 1. The summed E-state index contributed by atoms with van der Waals surface area (Å²) in [5, 5.41) is 9.46. The molecule has 70 valence electrons. The van der Waals surface area contributed by atoms with Crippen molar-refractivity contribution in [2.75, 3.05) is 19.0 Å². The Balaban J connectivity index is 3.13. The van der Waals surface area contributed by atoms with Crippen molar-refractivity contribution in [3.8, 4) is 5.75 Å². The molecule has 3 N–H and O–H groups in total. The molecule has 0 aliphatic rings. The lowest BCUT2D eigenvalue weighted by Crippen LogP contribution is -2.12. The normalized spacial score (nSPS) is 9.69. The maximum atomic E-state index is 10.7. The molecule has 1 aromatic carbocycles. The number of anilines is 1. The highest BCUT2D eigenvalue weighted by molar-refractivity contribution is 5.93. The van der Waals surface area contributed by atoms with E-state index in [2.05, 4.69) is 0 Å². The van der Waals surface area contributed by atoms with Gasteiger partial charge >= 0.3 is 0 Å². The highest BCUT2D eigenvalue weighted by Crippen LogP contribution is 2.25. The third-order valence-corrected chi connectivity index (χ3v) is 1.74. The van der Waals surface area contributed by atoms with E-state index in [1.165, 1.54) is 6.07 Å². The van der Waals surface area contributed by atoms with Crippen molar-refractivity contribution in [1.82, 2.24) is 0 Å². The zero-order valence-corrected chi connectivity index (χ0v) is 7.61. The molecule has 0 saturated heterocycles. The summed E-state index contributed by atoms with van der Waals surface area (Å²) in [5.41, 5.74) is 6.01. The number of hydrogen-bond acceptors (Lipinski definition) is 3. The van der Waals surface area contributed by atoms with Crippen molar-refractivity contribution in [2.24, 2.45) is 5.73 Å². The SMILES string of the molecule is CN(C)c1ccc(C(N)=O)cc1O. The van der Waals surface area contributed by atoms with Crippen LogP contribution in [0.3, 0.4) is 0 Å². The fraction of sp³-hybridized carbons (Fsp3) is 0.222. The number of phenols is 1. The number of rotatable bonds is 2. The lowest BCUT2D eigenvalue weighted by Gasteiger charge is -2.14. The summed E-state index contributed by atoms with van der Waals surface area (Å²) in [7, 11) is 3.61. The van der Waals surface area contributed by atoms with Crippen LogP contribution in [0.5, 0.6) is 5.75 Å². The van der Waals surface area contributed by atoms with Gasteiger partial charge in [-0.05, 0) is 18.2 Å². The number of aromatic hydroxyl groups is 1. The number of carbonyl (C=O) groups is 1. The maximum absolute atomic E-state index is 10.7. The van der Waals surface area contributed by atoms with E-state index < -0.39 is 5.91 Å². The second-order valence-corrected chi connectivity index (χ2v) is 2.96. The van der Waals surface area contributed by atoms with Crippen LogP contribution < -0.4 is 10.6 Å². The molecule has 4 nitrogen and oxygen atoms in total. The van der Waals surface area contributed by atoms with E-state index in [4.69, 9.17) is 5.73 Å². The van der Waals surface area contributed by atoms with Gasteiger partial charge < -0.3 is 15.7 Å². The molecule has 0 aromatic heterocycles. The summed E-state index contributed by atoms with van der Waals surface area (Å²) in [4.78, 5) is 12.5. The predicted molar refractivity (Wildman–Crippen MR) is 51.0 cm³/mol. The molecular weight excluding hydrogens is 168 g/mol. The van der Waals surface area contributed by atoms with Crippen LogP contribution in [0.15, 0.2) is 18.2 Å². The second-order valence-electron chi connectivity index (χ2n) is 2.96. The van der Waals surface area contributed by atoms with Crippen molar-refractivity contribution in [3.63, 3.8) is 0 Å². The van der Waals surface area contributed by atoms with Crippen LogP contribution in [0.25, 0.3) is 0 Å². The van der Waals surface area contributed by atoms with Crippen LogP contribution in [-0.2, 0) is 0 Å². The van der Waals surface area contributed by atoms with Gasteiger partial charge in [0.05, 0.1) is 5.69 Å². The van der Waals surface area contributed by atoms with Gasteiger partial charge in [0.25, 0.3) is 0 Å². The van der Waals surface area contributed by atoms with Gasteiger partial charge in [0.1, 0.15) is 5.75 Å². The molecule has 0 radical (unpaired) electrons. The van der Waals surface area contributed by atoms with Crippen LogP contribution in [0, 0.1) is 0 Å². The van der Waals surface area contributed by atoms with E-state index in [1.54, 1.807) is 31.1 Å². The Morgan fingerprint density at radius 2 is 2.08 bits per heavy atom. The Morgan fingerprint density at radius 3 is 2.46 bits per heavy atom. The predicted octanol–water partition coefficient (Wildman–Crippen LogP) is 0.557. The molecule has 0 unspecified atom stereocenters. The third-order valence-electron chi connectivity index (χ3n) is 1.74. The topological polar surface area (TPSA) is 66.6 Å². The van der Waals surface area contributed by atoms with Gasteiger partial charge in [-0.25, -0.2) is 0 Å². The number of phenolic OH excluding ortho intramolecular Hbond substituents is 1. The maximum Gasteiger partial charge on any atom is 0.248 e. The van der Waals surface area contributed by atoms with Gasteiger partial charge in [-0.2, -0.15) is 0 Å². The van der Waals surface area contributed by atoms with Gasteiger partial charge in [-0.3, -0.25) is 4.79 Å².